The van der Waals surface area contributed by atoms with Crippen LogP contribution in [0.4, 0.5) is 0 Å². The summed E-state index contributed by atoms with van der Waals surface area (Å²) < 4.78 is 7.34. The van der Waals surface area contributed by atoms with Crippen molar-refractivity contribution in [2.24, 2.45) is 0 Å². The van der Waals surface area contributed by atoms with Crippen LogP contribution < -0.4 is 5.32 Å². The fourth-order valence-electron chi connectivity index (χ4n) is 1.58. The van der Waals surface area contributed by atoms with Crippen LogP contribution in [0.3, 0.4) is 0 Å². The van der Waals surface area contributed by atoms with E-state index in [1.54, 1.807) is 0 Å². The number of nitrogens with one attached hydrogen (secondary N) is 1. The summed E-state index contributed by atoms with van der Waals surface area (Å²) in [4.78, 5) is 0. The lowest BCUT2D eigenvalue weighted by Crippen LogP contribution is -2.19. The van der Waals surface area contributed by atoms with Gasteiger partial charge in [-0.1, -0.05) is 6.92 Å². The Morgan fingerprint density at radius 1 is 1.44 bits per heavy atom. The van der Waals surface area contributed by atoms with Gasteiger partial charge < -0.3 is 10.1 Å². The van der Waals surface area contributed by atoms with Crippen molar-refractivity contribution in [3.63, 3.8) is 0 Å². The van der Waals surface area contributed by atoms with Crippen LogP contribution in [0, 0.1) is 0 Å². The van der Waals surface area contributed by atoms with Gasteiger partial charge in [0.2, 0.25) is 0 Å². The van der Waals surface area contributed by atoms with Crippen molar-refractivity contribution in [2.75, 3.05) is 19.8 Å². The van der Waals surface area contributed by atoms with Gasteiger partial charge in [0.15, 0.2) is 0 Å². The van der Waals surface area contributed by atoms with Crippen LogP contribution in [0.15, 0.2) is 12.3 Å². The largest absolute Gasteiger partial charge is 0.382 e. The lowest BCUT2D eigenvalue weighted by molar-refractivity contribution is 0.144. The van der Waals surface area contributed by atoms with Gasteiger partial charge >= 0.3 is 0 Å². The van der Waals surface area contributed by atoms with Crippen molar-refractivity contribution in [2.45, 2.75) is 39.8 Å². The molecule has 0 saturated carbocycles. The maximum atomic E-state index is 5.28. The maximum Gasteiger partial charge on any atom is 0.0522 e. The molecule has 0 radical (unpaired) electrons. The Morgan fingerprint density at radius 3 is 3.06 bits per heavy atom. The summed E-state index contributed by atoms with van der Waals surface area (Å²) >= 11 is 0. The van der Waals surface area contributed by atoms with E-state index in [4.69, 9.17) is 4.74 Å². The zero-order chi connectivity index (χ0) is 11.6. The van der Waals surface area contributed by atoms with Gasteiger partial charge in [-0.3, -0.25) is 4.68 Å². The quantitative estimate of drug-likeness (QED) is 0.651. The van der Waals surface area contributed by atoms with Gasteiger partial charge in [-0.25, -0.2) is 0 Å². The molecule has 4 nitrogen and oxygen atoms in total. The molecule has 0 bridgehead atoms. The topological polar surface area (TPSA) is 39.1 Å². The summed E-state index contributed by atoms with van der Waals surface area (Å²) in [6.45, 7) is 8.74. The monoisotopic (exact) mass is 225 g/mol. The van der Waals surface area contributed by atoms with Crippen LogP contribution in [-0.4, -0.2) is 29.5 Å². The molecule has 0 aliphatic heterocycles. The third-order valence-corrected chi connectivity index (χ3v) is 2.39. The number of aromatic nitrogens is 2. The Bertz CT molecular complexity index is 273. The van der Waals surface area contributed by atoms with E-state index in [1.165, 1.54) is 5.69 Å². The van der Waals surface area contributed by atoms with Gasteiger partial charge in [-0.15, -0.1) is 0 Å². The van der Waals surface area contributed by atoms with Crippen LogP contribution in [0.2, 0.25) is 0 Å². The van der Waals surface area contributed by atoms with Crippen molar-refractivity contribution in [1.82, 2.24) is 15.1 Å². The summed E-state index contributed by atoms with van der Waals surface area (Å²) in [7, 11) is 0. The van der Waals surface area contributed by atoms with E-state index in [2.05, 4.69) is 28.1 Å². The van der Waals surface area contributed by atoms with Crippen molar-refractivity contribution < 1.29 is 4.74 Å². The summed E-state index contributed by atoms with van der Waals surface area (Å²) in [6, 6.07) is 2.07. The SMILES string of the molecule is CCCn1nccc1CNCCCOCC. The highest BCUT2D eigenvalue weighted by Gasteiger charge is 2.00. The first-order valence-electron chi connectivity index (χ1n) is 6.17. The summed E-state index contributed by atoms with van der Waals surface area (Å²) in [6.07, 6.45) is 4.06. The second-order valence-electron chi connectivity index (χ2n) is 3.77. The molecule has 0 saturated heterocycles. The molecule has 1 rings (SSSR count). The first-order valence-corrected chi connectivity index (χ1v) is 6.17. The maximum absolute atomic E-state index is 5.28. The van der Waals surface area contributed by atoms with Gasteiger partial charge in [0, 0.05) is 32.5 Å². The van der Waals surface area contributed by atoms with Gasteiger partial charge in [-0.2, -0.15) is 5.10 Å². The molecule has 0 aliphatic carbocycles. The van der Waals surface area contributed by atoms with Gasteiger partial charge in [0.05, 0.1) is 5.69 Å². The van der Waals surface area contributed by atoms with E-state index in [9.17, 15) is 0 Å². The Morgan fingerprint density at radius 2 is 2.31 bits per heavy atom. The number of rotatable bonds is 9. The molecule has 0 atom stereocenters. The van der Waals surface area contributed by atoms with E-state index >= 15 is 0 Å². The highest BCUT2D eigenvalue weighted by atomic mass is 16.5. The minimum Gasteiger partial charge on any atom is -0.382 e. The van der Waals surface area contributed by atoms with E-state index < -0.39 is 0 Å². The van der Waals surface area contributed by atoms with Crippen molar-refractivity contribution in [3.05, 3.63) is 18.0 Å². The second kappa shape index (κ2) is 8.30. The first kappa shape index (κ1) is 13.2. The highest BCUT2D eigenvalue weighted by molar-refractivity contribution is 4.99. The second-order valence-corrected chi connectivity index (χ2v) is 3.77. The fourth-order valence-corrected chi connectivity index (χ4v) is 1.58. The first-order chi connectivity index (χ1) is 7.88. The van der Waals surface area contributed by atoms with Gasteiger partial charge in [-0.05, 0) is 32.4 Å². The molecule has 1 aromatic heterocycles. The van der Waals surface area contributed by atoms with Crippen molar-refractivity contribution in [1.29, 1.82) is 0 Å². The van der Waals surface area contributed by atoms with Crippen LogP contribution >= 0.6 is 0 Å². The number of nitrogens with zero attached hydrogens (tertiary/aromatic N) is 2. The van der Waals surface area contributed by atoms with Crippen LogP contribution in [0.1, 0.15) is 32.4 Å². The van der Waals surface area contributed by atoms with E-state index in [-0.39, 0.29) is 0 Å². The molecule has 0 unspecified atom stereocenters. The van der Waals surface area contributed by atoms with Crippen LogP contribution in [-0.2, 0) is 17.8 Å². The Labute approximate surface area is 98.0 Å². The Balaban J connectivity index is 2.13. The minimum absolute atomic E-state index is 0.809. The molecule has 0 amide bonds. The smallest absolute Gasteiger partial charge is 0.0522 e. The van der Waals surface area contributed by atoms with E-state index in [1.807, 2.05) is 13.1 Å². The van der Waals surface area contributed by atoms with Gasteiger partial charge in [0.25, 0.3) is 0 Å². The third-order valence-electron chi connectivity index (χ3n) is 2.39. The zero-order valence-electron chi connectivity index (χ0n) is 10.4. The van der Waals surface area contributed by atoms with Crippen LogP contribution in [0.5, 0.6) is 0 Å². The van der Waals surface area contributed by atoms with E-state index in [0.29, 0.717) is 0 Å². The molecule has 0 spiro atoms. The lowest BCUT2D eigenvalue weighted by atomic mass is 10.3. The number of aryl methyl sites for hydroxylation is 1. The van der Waals surface area contributed by atoms with Crippen molar-refractivity contribution in [3.8, 4) is 0 Å². The lowest BCUT2D eigenvalue weighted by Gasteiger charge is -2.07. The summed E-state index contributed by atoms with van der Waals surface area (Å²) in [5.74, 6) is 0. The molecule has 0 aromatic carbocycles. The molecule has 92 valence electrons. The average Bonchev–Trinajstić information content (AvgIpc) is 2.72. The third kappa shape index (κ3) is 4.77. The highest BCUT2D eigenvalue weighted by Crippen LogP contribution is 1.99. The number of hydrogen-bond acceptors (Lipinski definition) is 3. The predicted molar refractivity (Wildman–Crippen MR) is 65.3 cm³/mol. The standard InChI is InChI=1S/C12H23N3O/c1-3-9-15-12(6-8-14-15)11-13-7-5-10-16-4-2/h6,8,13H,3-5,7,9-11H2,1-2H3. The predicted octanol–water partition coefficient (Wildman–Crippen LogP) is 1.81. The fraction of sp³-hybridized carbons (Fsp3) is 0.750. The molecule has 4 heteroatoms. The Kier molecular flexibility index (Phi) is 6.85. The van der Waals surface area contributed by atoms with Crippen molar-refractivity contribution >= 4 is 0 Å². The number of hydrogen-bond donors (Lipinski definition) is 1. The Hall–Kier alpha value is -0.870. The summed E-state index contributed by atoms with van der Waals surface area (Å²) in [5.41, 5.74) is 1.26. The normalized spacial score (nSPS) is 10.9. The van der Waals surface area contributed by atoms with E-state index in [0.717, 1.165) is 45.7 Å². The summed E-state index contributed by atoms with van der Waals surface area (Å²) in [5, 5.41) is 7.69. The minimum atomic E-state index is 0.809. The molecule has 1 aromatic rings. The molecule has 1 heterocycles. The van der Waals surface area contributed by atoms with Gasteiger partial charge in [0.1, 0.15) is 0 Å². The number of ether oxygens (including phenoxy) is 1. The van der Waals surface area contributed by atoms with Crippen LogP contribution in [0.25, 0.3) is 0 Å². The molecular weight excluding hydrogens is 202 g/mol. The zero-order valence-corrected chi connectivity index (χ0v) is 10.4. The molecular formula is C12H23N3O. The molecule has 0 fully saturated rings. The average molecular weight is 225 g/mol. The molecule has 0 aliphatic rings. The molecule has 1 N–H and O–H groups in total. The molecule has 16 heavy (non-hydrogen) atoms.